The summed E-state index contributed by atoms with van der Waals surface area (Å²) in [4.78, 5) is 26.7. The van der Waals surface area contributed by atoms with Gasteiger partial charge in [0.1, 0.15) is 0 Å². The number of carbonyl (C=O) groups is 2. The van der Waals surface area contributed by atoms with Crippen molar-refractivity contribution in [3.05, 3.63) is 120 Å². The first-order valence-corrected chi connectivity index (χ1v) is 11.6. The molecule has 0 aromatic heterocycles. The SMILES string of the molecule is O=C1NC(=O)c2c1c(-c1ccccc1)c1c3ccccc3c3ccccc3c1c2-c1ccccc1. The van der Waals surface area contributed by atoms with Gasteiger partial charge < -0.3 is 0 Å². The molecule has 3 heteroatoms. The summed E-state index contributed by atoms with van der Waals surface area (Å²) in [5.41, 5.74) is 4.35. The van der Waals surface area contributed by atoms with Crippen LogP contribution < -0.4 is 5.32 Å². The summed E-state index contributed by atoms with van der Waals surface area (Å²) >= 11 is 0. The summed E-state index contributed by atoms with van der Waals surface area (Å²) in [5.74, 6) is -0.694. The Hall–Kier alpha value is -4.76. The molecule has 1 aliphatic heterocycles. The van der Waals surface area contributed by atoms with Gasteiger partial charge in [0.15, 0.2) is 0 Å². The zero-order valence-electron chi connectivity index (χ0n) is 18.7. The molecule has 2 amide bonds. The van der Waals surface area contributed by atoms with Crippen LogP contribution >= 0.6 is 0 Å². The zero-order valence-corrected chi connectivity index (χ0v) is 18.7. The highest BCUT2D eigenvalue weighted by atomic mass is 16.2. The maximum Gasteiger partial charge on any atom is 0.259 e. The molecule has 1 N–H and O–H groups in total. The van der Waals surface area contributed by atoms with Gasteiger partial charge >= 0.3 is 0 Å². The molecule has 1 heterocycles. The molecule has 0 spiro atoms. The zero-order chi connectivity index (χ0) is 23.5. The molecule has 0 fully saturated rings. The number of imide groups is 1. The summed E-state index contributed by atoms with van der Waals surface area (Å²) < 4.78 is 0. The quantitative estimate of drug-likeness (QED) is 0.222. The van der Waals surface area contributed by atoms with Crippen LogP contribution in [0.15, 0.2) is 109 Å². The highest BCUT2D eigenvalue weighted by molar-refractivity contribution is 6.38. The van der Waals surface area contributed by atoms with E-state index in [1.165, 1.54) is 0 Å². The van der Waals surface area contributed by atoms with Crippen LogP contribution in [0.4, 0.5) is 0 Å². The van der Waals surface area contributed by atoms with Gasteiger partial charge in [0, 0.05) is 11.1 Å². The fraction of sp³-hybridized carbons (Fsp3) is 0. The molecule has 0 atom stereocenters. The second-order valence-corrected chi connectivity index (χ2v) is 8.86. The Morgan fingerprint density at radius 2 is 0.714 bits per heavy atom. The van der Waals surface area contributed by atoms with Crippen molar-refractivity contribution in [1.29, 1.82) is 0 Å². The Bertz CT molecular complexity index is 1700. The lowest BCUT2D eigenvalue weighted by molar-refractivity contribution is 0.0880. The Labute approximate surface area is 201 Å². The number of hydrogen-bond donors (Lipinski definition) is 1. The van der Waals surface area contributed by atoms with Crippen molar-refractivity contribution in [2.24, 2.45) is 0 Å². The van der Waals surface area contributed by atoms with Crippen LogP contribution in [0.3, 0.4) is 0 Å². The first kappa shape index (κ1) is 19.7. The lowest BCUT2D eigenvalue weighted by atomic mass is 9.80. The molecule has 0 radical (unpaired) electrons. The third-order valence-corrected chi connectivity index (χ3v) is 6.99. The van der Waals surface area contributed by atoms with Crippen LogP contribution in [0.2, 0.25) is 0 Å². The molecule has 7 rings (SSSR count). The van der Waals surface area contributed by atoms with Gasteiger partial charge in [-0.2, -0.15) is 0 Å². The van der Waals surface area contributed by atoms with E-state index in [0.29, 0.717) is 11.1 Å². The number of carbonyl (C=O) groups excluding carboxylic acids is 2. The smallest absolute Gasteiger partial charge is 0.259 e. The summed E-state index contributed by atoms with van der Waals surface area (Å²) in [6, 6.07) is 36.5. The van der Waals surface area contributed by atoms with Gasteiger partial charge in [-0.05, 0) is 43.4 Å². The van der Waals surface area contributed by atoms with Gasteiger partial charge in [0.25, 0.3) is 11.8 Å². The Morgan fingerprint density at radius 1 is 0.371 bits per heavy atom. The average molecular weight is 450 g/mol. The number of hydrogen-bond acceptors (Lipinski definition) is 2. The summed E-state index contributed by atoms with van der Waals surface area (Å²) in [7, 11) is 0. The summed E-state index contributed by atoms with van der Waals surface area (Å²) in [6.07, 6.45) is 0. The van der Waals surface area contributed by atoms with E-state index < -0.39 is 0 Å². The van der Waals surface area contributed by atoms with Gasteiger partial charge in [0.2, 0.25) is 0 Å². The number of nitrogens with one attached hydrogen (secondary N) is 1. The van der Waals surface area contributed by atoms with E-state index in [9.17, 15) is 9.59 Å². The van der Waals surface area contributed by atoms with Crippen molar-refractivity contribution in [1.82, 2.24) is 5.32 Å². The molecule has 6 aromatic carbocycles. The van der Waals surface area contributed by atoms with Crippen molar-refractivity contribution >= 4 is 44.1 Å². The minimum atomic E-state index is -0.347. The maximum atomic E-state index is 13.4. The van der Waals surface area contributed by atoms with Crippen LogP contribution in [-0.2, 0) is 0 Å². The number of fused-ring (bicyclic) bond motifs is 7. The van der Waals surface area contributed by atoms with E-state index >= 15 is 0 Å². The minimum absolute atomic E-state index is 0.347. The van der Waals surface area contributed by atoms with Gasteiger partial charge in [-0.15, -0.1) is 0 Å². The summed E-state index contributed by atoms with van der Waals surface area (Å²) in [5, 5.41) is 8.95. The van der Waals surface area contributed by atoms with Crippen molar-refractivity contribution in [3.63, 3.8) is 0 Å². The lowest BCUT2D eigenvalue weighted by Gasteiger charge is -2.21. The molecule has 164 valence electrons. The second kappa shape index (κ2) is 7.37. The van der Waals surface area contributed by atoms with Crippen molar-refractivity contribution < 1.29 is 9.59 Å². The predicted molar refractivity (Wildman–Crippen MR) is 142 cm³/mol. The second-order valence-electron chi connectivity index (χ2n) is 8.86. The number of benzene rings is 6. The van der Waals surface area contributed by atoms with Gasteiger partial charge in [-0.25, -0.2) is 0 Å². The normalized spacial score (nSPS) is 12.9. The highest BCUT2D eigenvalue weighted by Gasteiger charge is 2.36. The molecule has 35 heavy (non-hydrogen) atoms. The molecule has 1 aliphatic rings. The Morgan fingerprint density at radius 3 is 1.11 bits per heavy atom. The van der Waals surface area contributed by atoms with E-state index in [1.807, 2.05) is 84.9 Å². The van der Waals surface area contributed by atoms with Gasteiger partial charge in [0.05, 0.1) is 11.1 Å². The predicted octanol–water partition coefficient (Wildman–Crippen LogP) is 7.36. The molecule has 0 unspecified atom stereocenters. The van der Waals surface area contributed by atoms with E-state index in [4.69, 9.17) is 0 Å². The van der Waals surface area contributed by atoms with Crippen LogP contribution in [0.25, 0.3) is 54.6 Å². The first-order chi connectivity index (χ1) is 17.2. The Balaban J connectivity index is 1.88. The molecule has 3 nitrogen and oxygen atoms in total. The van der Waals surface area contributed by atoms with E-state index in [2.05, 4.69) is 29.6 Å². The fourth-order valence-electron chi connectivity index (χ4n) is 5.63. The Kier molecular flexibility index (Phi) is 4.15. The molecule has 6 aromatic rings. The average Bonchev–Trinajstić information content (AvgIpc) is 3.21. The third kappa shape index (κ3) is 2.72. The maximum absolute atomic E-state index is 13.4. The number of rotatable bonds is 2. The standard InChI is InChI=1S/C32H19NO2/c34-31-29-25(19-11-3-1-4-12-19)27-23-17-9-7-15-21(23)22-16-8-10-18-24(22)28(27)26(30(29)32(35)33-31)20-13-5-2-6-14-20/h1-18H,(H,33,34,35). The summed E-state index contributed by atoms with van der Waals surface area (Å²) in [6.45, 7) is 0. The largest absolute Gasteiger partial charge is 0.288 e. The molecule has 0 saturated carbocycles. The lowest BCUT2D eigenvalue weighted by Crippen LogP contribution is -2.20. The van der Waals surface area contributed by atoms with Crippen LogP contribution in [0.5, 0.6) is 0 Å². The molecule has 0 saturated heterocycles. The highest BCUT2D eigenvalue weighted by Crippen LogP contribution is 2.49. The molecular weight excluding hydrogens is 430 g/mol. The third-order valence-electron chi connectivity index (χ3n) is 6.99. The minimum Gasteiger partial charge on any atom is -0.288 e. The van der Waals surface area contributed by atoms with Crippen molar-refractivity contribution in [2.75, 3.05) is 0 Å². The molecule has 0 aliphatic carbocycles. The number of amides is 2. The first-order valence-electron chi connectivity index (χ1n) is 11.6. The van der Waals surface area contributed by atoms with Crippen LogP contribution in [0.1, 0.15) is 20.7 Å². The molecule has 0 bridgehead atoms. The topological polar surface area (TPSA) is 46.2 Å². The van der Waals surface area contributed by atoms with Crippen molar-refractivity contribution in [3.8, 4) is 22.3 Å². The van der Waals surface area contributed by atoms with Crippen molar-refractivity contribution in [2.45, 2.75) is 0 Å². The van der Waals surface area contributed by atoms with Gasteiger partial charge in [-0.1, -0.05) is 109 Å². The van der Waals surface area contributed by atoms with Crippen LogP contribution in [-0.4, -0.2) is 11.8 Å². The van der Waals surface area contributed by atoms with Gasteiger partial charge in [-0.3, -0.25) is 14.9 Å². The molecular formula is C32H19NO2. The monoisotopic (exact) mass is 449 g/mol. The van der Waals surface area contributed by atoms with E-state index in [-0.39, 0.29) is 11.8 Å². The van der Waals surface area contributed by atoms with E-state index in [1.54, 1.807) is 0 Å². The fourth-order valence-corrected chi connectivity index (χ4v) is 5.63. The van der Waals surface area contributed by atoms with Crippen LogP contribution in [0, 0.1) is 0 Å². The van der Waals surface area contributed by atoms with E-state index in [0.717, 1.165) is 54.6 Å².